The molecule has 0 amide bonds. The molecule has 0 saturated heterocycles. The highest BCUT2D eigenvalue weighted by molar-refractivity contribution is 5.87. The van der Waals surface area contributed by atoms with Gasteiger partial charge in [0.1, 0.15) is 12.0 Å². The van der Waals surface area contributed by atoms with Crippen LogP contribution in [-0.4, -0.2) is 27.1 Å². The molecule has 1 aromatic heterocycles. The lowest BCUT2D eigenvalue weighted by atomic mass is 10.2. The van der Waals surface area contributed by atoms with Gasteiger partial charge < -0.3 is 10.2 Å². The molecule has 0 aliphatic heterocycles. The zero-order valence-corrected chi connectivity index (χ0v) is 7.90. The van der Waals surface area contributed by atoms with Crippen LogP contribution in [0.15, 0.2) is 12.3 Å². The quantitative estimate of drug-likeness (QED) is 0.570. The Morgan fingerprint density at radius 1 is 1.44 bits per heavy atom. The largest absolute Gasteiger partial charge is 0.481 e. The van der Waals surface area contributed by atoms with Gasteiger partial charge in [0.25, 0.3) is 0 Å². The number of hydrogen-bond donors (Lipinski definition) is 2. The molecule has 6 heteroatoms. The van der Waals surface area contributed by atoms with E-state index >= 15 is 0 Å². The highest BCUT2D eigenvalue weighted by Crippen LogP contribution is 2.06. The minimum atomic E-state index is -1.45. The summed E-state index contributed by atoms with van der Waals surface area (Å²) in [7, 11) is 0. The first-order chi connectivity index (χ1) is 7.50. The van der Waals surface area contributed by atoms with Gasteiger partial charge in [-0.1, -0.05) is 11.8 Å². The first-order valence-corrected chi connectivity index (χ1v) is 4.10. The molecule has 0 radical (unpaired) electrons. The van der Waals surface area contributed by atoms with Crippen LogP contribution in [0.5, 0.6) is 0 Å². The van der Waals surface area contributed by atoms with E-state index in [1.54, 1.807) is 0 Å². The smallest absolute Gasteiger partial charge is 0.340 e. The zero-order valence-electron chi connectivity index (χ0n) is 7.90. The average molecular weight is 223 g/mol. The van der Waals surface area contributed by atoms with Crippen molar-refractivity contribution in [3.05, 3.63) is 29.3 Å². The van der Waals surface area contributed by atoms with E-state index in [1.807, 2.05) is 0 Å². The minimum Gasteiger partial charge on any atom is -0.481 e. The maximum absolute atomic E-state index is 12.8. The fraction of sp³-hybridized carbons (Fsp3) is 0.100. The number of carbonyl (C=O) groups is 2. The van der Waals surface area contributed by atoms with Crippen LogP contribution in [0.4, 0.5) is 4.39 Å². The van der Waals surface area contributed by atoms with E-state index in [0.29, 0.717) is 0 Å². The van der Waals surface area contributed by atoms with Crippen LogP contribution in [-0.2, 0) is 4.79 Å². The van der Waals surface area contributed by atoms with Crippen LogP contribution >= 0.6 is 0 Å². The Balaban J connectivity index is 2.98. The Kier molecular flexibility index (Phi) is 3.56. The molecule has 0 atom stereocenters. The van der Waals surface area contributed by atoms with E-state index in [9.17, 15) is 14.0 Å². The summed E-state index contributed by atoms with van der Waals surface area (Å²) in [6.45, 7) is 0. The van der Waals surface area contributed by atoms with E-state index in [2.05, 4.69) is 16.8 Å². The molecule has 0 saturated carbocycles. The Morgan fingerprint density at radius 2 is 2.12 bits per heavy atom. The van der Waals surface area contributed by atoms with Crippen LogP contribution in [0, 0.1) is 17.8 Å². The van der Waals surface area contributed by atoms with Crippen molar-refractivity contribution in [2.45, 2.75) is 6.42 Å². The minimum absolute atomic E-state index is 0.153. The van der Waals surface area contributed by atoms with Crippen LogP contribution in [0.25, 0.3) is 0 Å². The Hall–Kier alpha value is -2.42. The number of hydrogen-bond acceptors (Lipinski definition) is 3. The number of aromatic carboxylic acids is 1. The van der Waals surface area contributed by atoms with Gasteiger partial charge in [0.2, 0.25) is 5.95 Å². The number of carboxylic acid groups (broad SMARTS) is 2. The summed E-state index contributed by atoms with van der Waals surface area (Å²) in [5.74, 6) is 1.01. The van der Waals surface area contributed by atoms with Crippen LogP contribution in [0.1, 0.15) is 22.3 Å². The monoisotopic (exact) mass is 223 g/mol. The van der Waals surface area contributed by atoms with Crippen LogP contribution in [0.3, 0.4) is 0 Å². The van der Waals surface area contributed by atoms with Crippen molar-refractivity contribution in [1.82, 2.24) is 4.98 Å². The number of halogens is 1. The predicted molar refractivity (Wildman–Crippen MR) is 50.3 cm³/mol. The highest BCUT2D eigenvalue weighted by atomic mass is 19.1. The number of aromatic nitrogens is 1. The van der Waals surface area contributed by atoms with E-state index in [4.69, 9.17) is 10.2 Å². The van der Waals surface area contributed by atoms with Gasteiger partial charge in [-0.15, -0.1) is 0 Å². The van der Waals surface area contributed by atoms with E-state index in [1.165, 1.54) is 0 Å². The molecule has 82 valence electrons. The Morgan fingerprint density at radius 3 is 2.69 bits per heavy atom. The number of carboxylic acids is 2. The lowest BCUT2D eigenvalue weighted by molar-refractivity contribution is -0.135. The first-order valence-electron chi connectivity index (χ1n) is 4.10. The third-order valence-corrected chi connectivity index (χ3v) is 1.54. The van der Waals surface area contributed by atoms with Gasteiger partial charge in [-0.2, -0.15) is 4.39 Å². The van der Waals surface area contributed by atoms with Crippen molar-refractivity contribution in [3.8, 4) is 11.8 Å². The second-order valence-corrected chi connectivity index (χ2v) is 2.74. The van der Waals surface area contributed by atoms with Crippen LogP contribution in [0.2, 0.25) is 0 Å². The molecule has 2 N–H and O–H groups in total. The standard InChI is InChI=1S/C10H6FNO4/c11-9-7(10(15)16)4-6(5-12-9)2-1-3-8(13)14/h4-5H,3H2,(H,13,14)(H,15,16). The molecule has 0 unspecified atom stereocenters. The maximum atomic E-state index is 12.8. The second kappa shape index (κ2) is 4.89. The molecule has 0 bridgehead atoms. The van der Waals surface area contributed by atoms with Crippen molar-refractivity contribution in [2.24, 2.45) is 0 Å². The maximum Gasteiger partial charge on any atom is 0.340 e. The molecule has 1 rings (SSSR count). The molecule has 5 nitrogen and oxygen atoms in total. The molecule has 0 fully saturated rings. The fourth-order valence-electron chi connectivity index (χ4n) is 0.888. The normalized spacial score (nSPS) is 9.06. The number of pyridine rings is 1. The fourth-order valence-corrected chi connectivity index (χ4v) is 0.888. The molecule has 16 heavy (non-hydrogen) atoms. The topological polar surface area (TPSA) is 87.5 Å². The summed E-state index contributed by atoms with van der Waals surface area (Å²) < 4.78 is 12.8. The van der Waals surface area contributed by atoms with Gasteiger partial charge in [-0.05, 0) is 6.07 Å². The molecule has 0 aliphatic carbocycles. The summed E-state index contributed by atoms with van der Waals surface area (Å²) in [6.07, 6.45) is 0.663. The van der Waals surface area contributed by atoms with Gasteiger partial charge in [0, 0.05) is 11.8 Å². The molecule has 0 spiro atoms. The highest BCUT2D eigenvalue weighted by Gasteiger charge is 2.11. The van der Waals surface area contributed by atoms with E-state index in [-0.39, 0.29) is 12.0 Å². The summed E-state index contributed by atoms with van der Waals surface area (Å²) in [5, 5.41) is 16.9. The van der Waals surface area contributed by atoms with Crippen molar-refractivity contribution in [1.29, 1.82) is 0 Å². The van der Waals surface area contributed by atoms with Crippen molar-refractivity contribution in [3.63, 3.8) is 0 Å². The number of rotatable bonds is 2. The van der Waals surface area contributed by atoms with Gasteiger partial charge in [-0.25, -0.2) is 9.78 Å². The molecular weight excluding hydrogens is 217 g/mol. The van der Waals surface area contributed by atoms with Gasteiger partial charge in [0.15, 0.2) is 0 Å². The lowest BCUT2D eigenvalue weighted by Gasteiger charge is -1.96. The van der Waals surface area contributed by atoms with Crippen molar-refractivity contribution >= 4 is 11.9 Å². The van der Waals surface area contributed by atoms with Gasteiger partial charge in [-0.3, -0.25) is 4.79 Å². The van der Waals surface area contributed by atoms with Crippen molar-refractivity contribution < 1.29 is 24.2 Å². The summed E-state index contributed by atoms with van der Waals surface area (Å²) in [5.41, 5.74) is -0.442. The predicted octanol–water partition coefficient (Wildman–Crippen LogP) is 0.745. The second-order valence-electron chi connectivity index (χ2n) is 2.74. The van der Waals surface area contributed by atoms with Gasteiger partial charge >= 0.3 is 11.9 Å². The molecule has 0 aliphatic rings. The Bertz CT molecular complexity index is 501. The molecule has 1 aromatic rings. The average Bonchev–Trinajstić information content (AvgIpc) is 2.19. The molecule has 1 heterocycles. The first kappa shape index (κ1) is 11.7. The molecular formula is C10H6FNO4. The van der Waals surface area contributed by atoms with E-state index in [0.717, 1.165) is 12.3 Å². The summed E-state index contributed by atoms with van der Waals surface area (Å²) in [6, 6.07) is 1.000. The van der Waals surface area contributed by atoms with Gasteiger partial charge in [0.05, 0.1) is 0 Å². The molecule has 0 aromatic carbocycles. The zero-order chi connectivity index (χ0) is 12.1. The number of aliphatic carboxylic acids is 1. The summed E-state index contributed by atoms with van der Waals surface area (Å²) in [4.78, 5) is 23.9. The number of nitrogens with zero attached hydrogens (tertiary/aromatic N) is 1. The third kappa shape index (κ3) is 3.06. The Labute approximate surface area is 89.6 Å². The third-order valence-electron chi connectivity index (χ3n) is 1.54. The lowest BCUT2D eigenvalue weighted by Crippen LogP contribution is -2.03. The summed E-state index contributed by atoms with van der Waals surface area (Å²) >= 11 is 0. The van der Waals surface area contributed by atoms with Crippen LogP contribution < -0.4 is 0 Å². The van der Waals surface area contributed by atoms with Crippen molar-refractivity contribution in [2.75, 3.05) is 0 Å². The van der Waals surface area contributed by atoms with E-state index < -0.39 is 23.4 Å². The SMILES string of the molecule is O=C(O)CC#Cc1cnc(F)c(C(=O)O)c1.